The molecule has 96 valence electrons. The number of halogens is 3. The van der Waals surface area contributed by atoms with E-state index >= 15 is 0 Å². The summed E-state index contributed by atoms with van der Waals surface area (Å²) in [4.78, 5) is 11.1. The molecule has 0 atom stereocenters. The Bertz CT molecular complexity index is 335. The van der Waals surface area contributed by atoms with Gasteiger partial charge in [0.2, 0.25) is 5.91 Å². The standard InChI is InChI=1S/C10H14F3N3O/c11-10(12,13)8-14-7-9(17)15-3-6-16-4-1-2-5-16/h1-2,4-5,14H,3,6-8H2,(H,15,17). The van der Waals surface area contributed by atoms with E-state index in [1.807, 2.05) is 34.4 Å². The van der Waals surface area contributed by atoms with E-state index in [0.717, 1.165) is 0 Å². The van der Waals surface area contributed by atoms with Gasteiger partial charge in [0.15, 0.2) is 0 Å². The molecule has 0 saturated carbocycles. The smallest absolute Gasteiger partial charge is 0.353 e. The van der Waals surface area contributed by atoms with Gasteiger partial charge in [-0.15, -0.1) is 0 Å². The molecule has 0 aliphatic heterocycles. The second-order valence-corrected chi connectivity index (χ2v) is 3.49. The van der Waals surface area contributed by atoms with Crippen molar-refractivity contribution in [3.05, 3.63) is 24.5 Å². The van der Waals surface area contributed by atoms with Gasteiger partial charge in [0.05, 0.1) is 13.1 Å². The van der Waals surface area contributed by atoms with Crippen molar-refractivity contribution in [1.82, 2.24) is 15.2 Å². The Morgan fingerprint density at radius 1 is 1.24 bits per heavy atom. The maximum atomic E-state index is 11.7. The van der Waals surface area contributed by atoms with Crippen LogP contribution in [0.15, 0.2) is 24.5 Å². The molecule has 17 heavy (non-hydrogen) atoms. The van der Waals surface area contributed by atoms with Crippen molar-refractivity contribution in [2.45, 2.75) is 12.7 Å². The summed E-state index contributed by atoms with van der Waals surface area (Å²) in [7, 11) is 0. The van der Waals surface area contributed by atoms with E-state index in [-0.39, 0.29) is 6.54 Å². The van der Waals surface area contributed by atoms with Gasteiger partial charge in [-0.25, -0.2) is 0 Å². The fourth-order valence-electron chi connectivity index (χ4n) is 1.22. The highest BCUT2D eigenvalue weighted by Gasteiger charge is 2.26. The molecule has 0 saturated heterocycles. The molecule has 0 aromatic carbocycles. The van der Waals surface area contributed by atoms with Gasteiger partial charge in [0, 0.05) is 25.5 Å². The van der Waals surface area contributed by atoms with Gasteiger partial charge < -0.3 is 15.2 Å². The lowest BCUT2D eigenvalue weighted by molar-refractivity contribution is -0.128. The molecule has 0 aliphatic carbocycles. The second-order valence-electron chi connectivity index (χ2n) is 3.49. The van der Waals surface area contributed by atoms with Crippen LogP contribution in [0.3, 0.4) is 0 Å². The van der Waals surface area contributed by atoms with Crippen molar-refractivity contribution >= 4 is 5.91 Å². The summed E-state index contributed by atoms with van der Waals surface area (Å²) in [5.41, 5.74) is 0. The van der Waals surface area contributed by atoms with Gasteiger partial charge >= 0.3 is 6.18 Å². The van der Waals surface area contributed by atoms with E-state index in [4.69, 9.17) is 0 Å². The SMILES string of the molecule is O=C(CNCC(F)(F)F)NCCn1cccc1. The number of amides is 1. The van der Waals surface area contributed by atoms with E-state index in [9.17, 15) is 18.0 Å². The van der Waals surface area contributed by atoms with Crippen molar-refractivity contribution in [2.24, 2.45) is 0 Å². The van der Waals surface area contributed by atoms with Crippen LogP contribution in [0.5, 0.6) is 0 Å². The highest BCUT2D eigenvalue weighted by atomic mass is 19.4. The average molecular weight is 249 g/mol. The Hall–Kier alpha value is -1.50. The number of hydrogen-bond acceptors (Lipinski definition) is 2. The summed E-state index contributed by atoms with van der Waals surface area (Å²) in [5.74, 6) is -0.443. The summed E-state index contributed by atoms with van der Waals surface area (Å²) >= 11 is 0. The van der Waals surface area contributed by atoms with Crippen molar-refractivity contribution in [1.29, 1.82) is 0 Å². The Morgan fingerprint density at radius 2 is 1.88 bits per heavy atom. The molecule has 1 heterocycles. The van der Waals surface area contributed by atoms with Gasteiger partial charge in [0.1, 0.15) is 0 Å². The third kappa shape index (κ3) is 6.62. The predicted molar refractivity (Wildman–Crippen MR) is 56.4 cm³/mol. The molecule has 2 N–H and O–H groups in total. The zero-order valence-corrected chi connectivity index (χ0v) is 9.13. The number of aromatic nitrogens is 1. The predicted octanol–water partition coefficient (Wildman–Crippen LogP) is 0.756. The van der Waals surface area contributed by atoms with Crippen LogP contribution in [0.1, 0.15) is 0 Å². The minimum atomic E-state index is -4.29. The molecule has 0 unspecified atom stereocenters. The van der Waals surface area contributed by atoms with Crippen molar-refractivity contribution in [3.63, 3.8) is 0 Å². The largest absolute Gasteiger partial charge is 0.401 e. The summed E-state index contributed by atoms with van der Waals surface area (Å²) in [5, 5.41) is 4.54. The van der Waals surface area contributed by atoms with Gasteiger partial charge in [-0.3, -0.25) is 4.79 Å². The van der Waals surface area contributed by atoms with Crippen LogP contribution in [0.2, 0.25) is 0 Å². The summed E-state index contributed by atoms with van der Waals surface area (Å²) < 4.78 is 37.1. The lowest BCUT2D eigenvalue weighted by atomic mass is 10.5. The van der Waals surface area contributed by atoms with Crippen LogP contribution >= 0.6 is 0 Å². The van der Waals surface area contributed by atoms with E-state index in [2.05, 4.69) is 5.32 Å². The molecule has 0 radical (unpaired) electrons. The first-order chi connectivity index (χ1) is 7.97. The molecule has 1 rings (SSSR count). The lowest BCUT2D eigenvalue weighted by Gasteiger charge is -2.09. The summed E-state index contributed by atoms with van der Waals surface area (Å²) in [6.07, 6.45) is -0.604. The molecule has 1 aromatic heterocycles. The first-order valence-electron chi connectivity index (χ1n) is 5.12. The van der Waals surface area contributed by atoms with E-state index < -0.39 is 18.6 Å². The fraction of sp³-hybridized carbons (Fsp3) is 0.500. The quantitative estimate of drug-likeness (QED) is 0.781. The minimum Gasteiger partial charge on any atom is -0.353 e. The van der Waals surface area contributed by atoms with Crippen LogP contribution in [0.4, 0.5) is 13.2 Å². The third-order valence-corrected chi connectivity index (χ3v) is 1.97. The average Bonchev–Trinajstić information content (AvgIpc) is 2.68. The Labute approximate surface area is 96.8 Å². The zero-order chi connectivity index (χ0) is 12.7. The van der Waals surface area contributed by atoms with Crippen molar-refractivity contribution in [3.8, 4) is 0 Å². The van der Waals surface area contributed by atoms with E-state index in [1.54, 1.807) is 0 Å². The molecule has 1 aromatic rings. The number of nitrogens with one attached hydrogen (secondary N) is 2. The Morgan fingerprint density at radius 3 is 2.47 bits per heavy atom. The molecule has 4 nitrogen and oxygen atoms in total. The first-order valence-corrected chi connectivity index (χ1v) is 5.12. The Kier molecular flexibility index (Phi) is 5.02. The van der Waals surface area contributed by atoms with Gasteiger partial charge in [0.25, 0.3) is 0 Å². The van der Waals surface area contributed by atoms with Crippen LogP contribution in [0.25, 0.3) is 0 Å². The summed E-state index contributed by atoms with van der Waals surface area (Å²) in [6.45, 7) is -0.498. The van der Waals surface area contributed by atoms with Crippen LogP contribution in [-0.4, -0.2) is 36.3 Å². The molecule has 0 bridgehead atoms. The van der Waals surface area contributed by atoms with Gasteiger partial charge in [-0.2, -0.15) is 13.2 Å². The number of alkyl halides is 3. The van der Waals surface area contributed by atoms with Crippen LogP contribution < -0.4 is 10.6 Å². The fourth-order valence-corrected chi connectivity index (χ4v) is 1.22. The number of rotatable bonds is 6. The topological polar surface area (TPSA) is 46.1 Å². The number of nitrogens with zero attached hydrogens (tertiary/aromatic N) is 1. The highest BCUT2D eigenvalue weighted by Crippen LogP contribution is 2.11. The molecule has 1 amide bonds. The highest BCUT2D eigenvalue weighted by molar-refractivity contribution is 5.77. The molecule has 0 fully saturated rings. The first kappa shape index (κ1) is 13.6. The van der Waals surface area contributed by atoms with Crippen molar-refractivity contribution in [2.75, 3.05) is 19.6 Å². The summed E-state index contributed by atoms with van der Waals surface area (Å²) in [6, 6.07) is 3.71. The number of hydrogen-bond donors (Lipinski definition) is 2. The normalized spacial score (nSPS) is 11.5. The van der Waals surface area contributed by atoms with Crippen LogP contribution in [-0.2, 0) is 11.3 Å². The third-order valence-electron chi connectivity index (χ3n) is 1.97. The molecule has 0 aliphatic rings. The maximum absolute atomic E-state index is 11.7. The van der Waals surface area contributed by atoms with Gasteiger partial charge in [-0.1, -0.05) is 0 Å². The minimum absolute atomic E-state index is 0.328. The van der Waals surface area contributed by atoms with E-state index in [0.29, 0.717) is 13.1 Å². The number of carbonyl (C=O) groups excluding carboxylic acids is 1. The molecular weight excluding hydrogens is 235 g/mol. The second kappa shape index (κ2) is 6.29. The zero-order valence-electron chi connectivity index (χ0n) is 9.13. The molecule has 0 spiro atoms. The van der Waals surface area contributed by atoms with Crippen LogP contribution in [0, 0.1) is 0 Å². The molecular formula is C10H14F3N3O. The lowest BCUT2D eigenvalue weighted by Crippen LogP contribution is -2.39. The van der Waals surface area contributed by atoms with E-state index in [1.165, 1.54) is 0 Å². The van der Waals surface area contributed by atoms with Gasteiger partial charge in [-0.05, 0) is 12.1 Å². The Balaban J connectivity index is 2.05. The monoisotopic (exact) mass is 249 g/mol. The van der Waals surface area contributed by atoms with Crippen molar-refractivity contribution < 1.29 is 18.0 Å². The maximum Gasteiger partial charge on any atom is 0.401 e. The number of carbonyl (C=O) groups is 1. The molecule has 7 heteroatoms.